The van der Waals surface area contributed by atoms with Gasteiger partial charge in [-0.2, -0.15) is 9.40 Å². The number of nitrogens with zero attached hydrogens (tertiary/aromatic N) is 4. The Hall–Kier alpha value is -1.09. The number of hydrogen-bond donors (Lipinski definition) is 0. The van der Waals surface area contributed by atoms with Crippen molar-refractivity contribution in [1.82, 2.24) is 19.1 Å². The summed E-state index contributed by atoms with van der Waals surface area (Å²) in [6, 6.07) is 0.0154. The summed E-state index contributed by atoms with van der Waals surface area (Å²) in [5, 5.41) is 4.28. The number of rotatable bonds is 4. The number of hydrogen-bond acceptors (Lipinski definition) is 4. The van der Waals surface area contributed by atoms with Crippen molar-refractivity contribution in [1.29, 1.82) is 0 Å². The van der Waals surface area contributed by atoms with Gasteiger partial charge in [-0.25, -0.2) is 26.9 Å². The van der Waals surface area contributed by atoms with Crippen LogP contribution in [0.5, 0.6) is 0 Å². The molecule has 3 rings (SSSR count). The largest absolute Gasteiger partial charge is 0.248 e. The zero-order valence-corrected chi connectivity index (χ0v) is 14.2. The quantitative estimate of drug-likeness (QED) is 0.833. The van der Waals surface area contributed by atoms with Crippen LogP contribution in [0.4, 0.5) is 8.78 Å². The maximum Gasteiger partial charge on any atom is 0.248 e. The molecule has 6 nitrogen and oxygen atoms in total. The van der Waals surface area contributed by atoms with E-state index in [4.69, 9.17) is 0 Å². The van der Waals surface area contributed by atoms with E-state index in [0.717, 1.165) is 5.82 Å². The Morgan fingerprint density at radius 2 is 1.83 bits per heavy atom. The summed E-state index contributed by atoms with van der Waals surface area (Å²) < 4.78 is 54.3. The van der Waals surface area contributed by atoms with Gasteiger partial charge in [0.05, 0.1) is 11.8 Å². The van der Waals surface area contributed by atoms with Crippen LogP contribution >= 0.6 is 0 Å². The molecular formula is C14H22F2N4O2S. The van der Waals surface area contributed by atoms with E-state index >= 15 is 0 Å². The molecule has 1 saturated heterocycles. The smallest absolute Gasteiger partial charge is 0.244 e. The highest BCUT2D eigenvalue weighted by molar-refractivity contribution is 7.89. The molecule has 0 aromatic carbocycles. The second kappa shape index (κ2) is 5.77. The second-order valence-electron chi connectivity index (χ2n) is 6.70. The first-order chi connectivity index (χ1) is 10.7. The molecule has 0 N–H and O–H groups in total. The highest BCUT2D eigenvalue weighted by atomic mass is 32.2. The van der Waals surface area contributed by atoms with Gasteiger partial charge in [0, 0.05) is 25.9 Å². The minimum Gasteiger partial charge on any atom is -0.244 e. The fourth-order valence-electron chi connectivity index (χ4n) is 3.35. The minimum absolute atomic E-state index is 0.0154. The Morgan fingerprint density at radius 3 is 2.35 bits per heavy atom. The lowest BCUT2D eigenvalue weighted by Gasteiger charge is -2.39. The molecule has 1 aromatic heterocycles. The molecule has 0 radical (unpaired) electrons. The molecule has 1 saturated carbocycles. The fourth-order valence-corrected chi connectivity index (χ4v) is 5.29. The van der Waals surface area contributed by atoms with E-state index in [1.165, 1.54) is 4.31 Å². The summed E-state index contributed by atoms with van der Waals surface area (Å²) in [4.78, 5) is 4.22. The van der Waals surface area contributed by atoms with Crippen molar-refractivity contribution in [2.24, 2.45) is 5.92 Å². The standard InChI is InChI=1S/C14H22F2N4O2S/c1-10-17-11(2)20(18-10)13-7-19(8-13)23(21,22)9-12-3-5-14(15,16)6-4-12/h12-13H,3-9H2,1-2H3. The molecule has 2 fully saturated rings. The first-order valence-corrected chi connectivity index (χ1v) is 9.53. The third-order valence-electron chi connectivity index (χ3n) is 4.76. The van der Waals surface area contributed by atoms with Gasteiger partial charge in [-0.15, -0.1) is 0 Å². The molecule has 1 aromatic rings. The van der Waals surface area contributed by atoms with Crippen molar-refractivity contribution in [3.05, 3.63) is 11.6 Å². The van der Waals surface area contributed by atoms with Gasteiger partial charge >= 0.3 is 0 Å². The van der Waals surface area contributed by atoms with E-state index in [2.05, 4.69) is 10.1 Å². The van der Waals surface area contributed by atoms with E-state index in [0.29, 0.717) is 18.9 Å². The molecule has 0 bridgehead atoms. The topological polar surface area (TPSA) is 68.1 Å². The number of sulfonamides is 1. The van der Waals surface area contributed by atoms with Gasteiger partial charge in [0.1, 0.15) is 11.6 Å². The molecule has 0 spiro atoms. The van der Waals surface area contributed by atoms with Gasteiger partial charge in [0.15, 0.2) is 0 Å². The van der Waals surface area contributed by atoms with Gasteiger partial charge in [-0.1, -0.05) is 0 Å². The van der Waals surface area contributed by atoms with Crippen LogP contribution in [0.25, 0.3) is 0 Å². The molecule has 1 aliphatic carbocycles. The molecule has 130 valence electrons. The van der Waals surface area contributed by atoms with Gasteiger partial charge < -0.3 is 0 Å². The molecule has 2 aliphatic rings. The van der Waals surface area contributed by atoms with Crippen LogP contribution in [0.15, 0.2) is 0 Å². The van der Waals surface area contributed by atoms with Crippen molar-refractivity contribution in [2.45, 2.75) is 51.5 Å². The van der Waals surface area contributed by atoms with Crippen molar-refractivity contribution in [3.8, 4) is 0 Å². The first-order valence-electron chi connectivity index (χ1n) is 7.92. The summed E-state index contributed by atoms with van der Waals surface area (Å²) in [5.41, 5.74) is 0. The highest BCUT2D eigenvalue weighted by Gasteiger charge is 2.41. The van der Waals surface area contributed by atoms with Crippen LogP contribution < -0.4 is 0 Å². The Kier molecular flexibility index (Phi) is 4.20. The molecule has 0 unspecified atom stereocenters. The molecule has 0 amide bonds. The number of aromatic nitrogens is 3. The maximum atomic E-state index is 13.1. The van der Waals surface area contributed by atoms with Crippen LogP contribution in [0.2, 0.25) is 0 Å². The van der Waals surface area contributed by atoms with Gasteiger partial charge in [0.2, 0.25) is 15.9 Å². The highest BCUT2D eigenvalue weighted by Crippen LogP contribution is 2.37. The summed E-state index contributed by atoms with van der Waals surface area (Å²) >= 11 is 0. The maximum absolute atomic E-state index is 13.1. The number of aryl methyl sites for hydroxylation is 2. The lowest BCUT2D eigenvalue weighted by Crippen LogP contribution is -2.52. The van der Waals surface area contributed by atoms with E-state index < -0.39 is 15.9 Å². The first kappa shape index (κ1) is 16.8. The average Bonchev–Trinajstić information content (AvgIpc) is 2.69. The molecular weight excluding hydrogens is 326 g/mol. The third-order valence-corrected chi connectivity index (χ3v) is 6.74. The number of alkyl halides is 2. The Morgan fingerprint density at radius 1 is 1.22 bits per heavy atom. The third kappa shape index (κ3) is 3.55. The molecule has 23 heavy (non-hydrogen) atoms. The van der Waals surface area contributed by atoms with Crippen LogP contribution in [0, 0.1) is 19.8 Å². The molecule has 1 aliphatic heterocycles. The van der Waals surface area contributed by atoms with E-state index in [1.54, 1.807) is 11.6 Å². The Balaban J connectivity index is 1.55. The Labute approximate surface area is 134 Å². The van der Waals surface area contributed by atoms with Crippen LogP contribution in [0.3, 0.4) is 0 Å². The summed E-state index contributed by atoms with van der Waals surface area (Å²) in [7, 11) is -3.38. The second-order valence-corrected chi connectivity index (χ2v) is 8.71. The van der Waals surface area contributed by atoms with Crippen LogP contribution in [0.1, 0.15) is 43.4 Å². The average molecular weight is 348 g/mol. The SMILES string of the molecule is Cc1nc(C)n(C2CN(S(=O)(=O)CC3CCC(F)(F)CC3)C2)n1. The normalized spacial score (nSPS) is 23.8. The van der Waals surface area contributed by atoms with E-state index in [-0.39, 0.29) is 43.4 Å². The molecule has 9 heteroatoms. The fraction of sp³-hybridized carbons (Fsp3) is 0.857. The van der Waals surface area contributed by atoms with E-state index in [9.17, 15) is 17.2 Å². The predicted octanol–water partition coefficient (Wildman–Crippen LogP) is 1.91. The van der Waals surface area contributed by atoms with Gasteiger partial charge in [-0.05, 0) is 32.6 Å². The minimum atomic E-state index is -3.38. The monoisotopic (exact) mass is 348 g/mol. The zero-order valence-electron chi connectivity index (χ0n) is 13.4. The van der Waals surface area contributed by atoms with Crippen molar-refractivity contribution in [3.63, 3.8) is 0 Å². The predicted molar refractivity (Wildman–Crippen MR) is 80.8 cm³/mol. The molecule has 0 atom stereocenters. The zero-order chi connectivity index (χ0) is 16.8. The Bertz CT molecular complexity index is 673. The van der Waals surface area contributed by atoms with Crippen LogP contribution in [-0.2, 0) is 10.0 Å². The van der Waals surface area contributed by atoms with Crippen molar-refractivity contribution < 1.29 is 17.2 Å². The van der Waals surface area contributed by atoms with E-state index in [1.807, 2.05) is 6.92 Å². The summed E-state index contributed by atoms with van der Waals surface area (Å²) in [6.07, 6.45) is 0.163. The van der Waals surface area contributed by atoms with Gasteiger partial charge in [0.25, 0.3) is 0 Å². The molecule has 2 heterocycles. The van der Waals surface area contributed by atoms with Crippen molar-refractivity contribution in [2.75, 3.05) is 18.8 Å². The van der Waals surface area contributed by atoms with Crippen LogP contribution in [-0.4, -0.2) is 52.3 Å². The van der Waals surface area contributed by atoms with Gasteiger partial charge in [-0.3, -0.25) is 0 Å². The lowest BCUT2D eigenvalue weighted by molar-refractivity contribution is -0.0436. The summed E-state index contributed by atoms with van der Waals surface area (Å²) in [5.74, 6) is -1.35. The number of halogens is 2. The lowest BCUT2D eigenvalue weighted by atomic mass is 9.88. The van der Waals surface area contributed by atoms with Crippen molar-refractivity contribution >= 4 is 10.0 Å². The summed E-state index contributed by atoms with van der Waals surface area (Å²) in [6.45, 7) is 4.42.